The van der Waals surface area contributed by atoms with Crippen molar-refractivity contribution in [3.05, 3.63) is 136 Å². The maximum absolute atomic E-state index is 11.3. The molecule has 3 aromatic carbocycles. The van der Waals surface area contributed by atoms with Gasteiger partial charge in [-0.15, -0.1) is 0 Å². The van der Waals surface area contributed by atoms with Crippen LogP contribution < -0.4 is 10.0 Å². The van der Waals surface area contributed by atoms with E-state index in [0.717, 1.165) is 72.8 Å². The van der Waals surface area contributed by atoms with Gasteiger partial charge in [0.1, 0.15) is 0 Å². The molecule has 57 heavy (non-hydrogen) atoms. The standard InChI is InChI=1S/C51H68N4O2/c1-50(2)42-20-11-13-22-44(42)52(34-16-36-54(5,6)7)46(50)31-29-39-18-15-19-40(49(39)41-27-24-38(25-28-41)26-33-48(56)57)30-32-47-51(3,4)43-21-12-14-23-45(43)53(47)35-17-37-55(8,9)10/h11-14,20-25,27-32H,15-19,26,33-37H2,1-10H3/q+2. The predicted molar refractivity (Wildman–Crippen MR) is 237 cm³/mol. The van der Waals surface area contributed by atoms with E-state index in [1.54, 1.807) is 0 Å². The Labute approximate surface area is 344 Å². The summed E-state index contributed by atoms with van der Waals surface area (Å²) >= 11 is 0. The molecule has 0 aromatic heterocycles. The van der Waals surface area contributed by atoms with Gasteiger partial charge in [-0.2, -0.15) is 4.58 Å². The molecule has 0 N–H and O–H groups in total. The van der Waals surface area contributed by atoms with Gasteiger partial charge in [-0.3, -0.25) is 0 Å². The first kappa shape index (κ1) is 42.1. The Balaban J connectivity index is 1.45. The number of fused-ring (bicyclic) bond motifs is 2. The molecule has 3 aliphatic rings. The van der Waals surface area contributed by atoms with E-state index in [1.165, 1.54) is 56.2 Å². The minimum Gasteiger partial charge on any atom is -0.550 e. The second-order valence-corrected chi connectivity index (χ2v) is 19.6. The molecule has 2 heterocycles. The summed E-state index contributed by atoms with van der Waals surface area (Å²) in [7, 11) is 13.6. The highest BCUT2D eigenvalue weighted by atomic mass is 16.4. The number of anilines is 1. The summed E-state index contributed by atoms with van der Waals surface area (Å²) in [5.41, 5.74) is 14.1. The third kappa shape index (κ3) is 9.62. The van der Waals surface area contributed by atoms with Crippen LogP contribution in [0.25, 0.3) is 5.57 Å². The molecule has 0 unspecified atom stereocenters. The van der Waals surface area contributed by atoms with Crippen LogP contribution in [0.3, 0.4) is 0 Å². The summed E-state index contributed by atoms with van der Waals surface area (Å²) in [6.45, 7) is 13.7. The normalized spacial score (nSPS) is 19.3. The number of carbonyl (C=O) groups excluding carboxylic acids is 1. The highest BCUT2D eigenvalue weighted by molar-refractivity contribution is 6.03. The Kier molecular flexibility index (Phi) is 12.4. The van der Waals surface area contributed by atoms with E-state index in [9.17, 15) is 9.90 Å². The summed E-state index contributed by atoms with van der Waals surface area (Å²) in [5, 5.41) is 11.3. The fourth-order valence-corrected chi connectivity index (χ4v) is 9.24. The molecule has 6 heteroatoms. The van der Waals surface area contributed by atoms with Gasteiger partial charge in [-0.05, 0) is 91.5 Å². The van der Waals surface area contributed by atoms with Crippen molar-refractivity contribution in [2.24, 2.45) is 0 Å². The first-order chi connectivity index (χ1) is 26.9. The number of para-hydroxylation sites is 2. The fraction of sp³-hybridized carbons (Fsp3) is 0.451. The van der Waals surface area contributed by atoms with Crippen molar-refractivity contribution in [3.63, 3.8) is 0 Å². The van der Waals surface area contributed by atoms with Crippen LogP contribution in [-0.2, 0) is 22.0 Å². The number of carboxylic acid groups (broad SMARTS) is 1. The molecule has 0 saturated heterocycles. The Morgan fingerprint density at radius 2 is 1.42 bits per heavy atom. The average molecular weight is 769 g/mol. The quantitative estimate of drug-likeness (QED) is 0.115. The summed E-state index contributed by atoms with van der Waals surface area (Å²) in [6.07, 6.45) is 15.5. The Hall–Kier alpha value is -4.52. The molecular weight excluding hydrogens is 701 g/mol. The second kappa shape index (κ2) is 16.8. The molecule has 0 spiro atoms. The van der Waals surface area contributed by atoms with Crippen LogP contribution in [0.1, 0.15) is 88.5 Å². The third-order valence-electron chi connectivity index (χ3n) is 12.3. The molecule has 0 saturated carbocycles. The number of carboxylic acids is 1. The number of quaternary nitrogens is 2. The van der Waals surface area contributed by atoms with Gasteiger partial charge in [-0.25, -0.2) is 0 Å². The zero-order valence-corrected chi connectivity index (χ0v) is 36.6. The highest BCUT2D eigenvalue weighted by Gasteiger charge is 2.44. The van der Waals surface area contributed by atoms with E-state index in [4.69, 9.17) is 0 Å². The van der Waals surface area contributed by atoms with Crippen molar-refractivity contribution in [2.75, 3.05) is 73.4 Å². The van der Waals surface area contributed by atoms with Crippen LogP contribution in [0.5, 0.6) is 0 Å². The largest absolute Gasteiger partial charge is 0.550 e. The maximum atomic E-state index is 11.3. The number of aryl methyl sites for hydroxylation is 1. The van der Waals surface area contributed by atoms with Crippen molar-refractivity contribution in [3.8, 4) is 0 Å². The predicted octanol–water partition coefficient (Wildman–Crippen LogP) is 8.74. The van der Waals surface area contributed by atoms with Crippen LogP contribution in [-0.4, -0.2) is 93.7 Å². The number of allylic oxidation sites excluding steroid dienone is 8. The minimum absolute atomic E-state index is 0.0280. The van der Waals surface area contributed by atoms with Crippen LogP contribution in [0.4, 0.5) is 11.4 Å². The number of benzene rings is 3. The van der Waals surface area contributed by atoms with Crippen LogP contribution in [0, 0.1) is 0 Å². The molecule has 6 nitrogen and oxygen atoms in total. The van der Waals surface area contributed by atoms with E-state index >= 15 is 0 Å². The number of nitrogens with zero attached hydrogens (tertiary/aromatic N) is 4. The van der Waals surface area contributed by atoms with Crippen molar-refractivity contribution in [1.29, 1.82) is 0 Å². The fourth-order valence-electron chi connectivity index (χ4n) is 9.24. The second-order valence-electron chi connectivity index (χ2n) is 19.6. The summed E-state index contributed by atoms with van der Waals surface area (Å²) in [5.74, 6) is -1.01. The lowest BCUT2D eigenvalue weighted by molar-refractivity contribution is -0.871. The molecule has 2 aliphatic heterocycles. The minimum atomic E-state index is -1.01. The maximum Gasteiger partial charge on any atom is 0.209 e. The highest BCUT2D eigenvalue weighted by Crippen LogP contribution is 2.48. The number of carbonyl (C=O) groups is 1. The average Bonchev–Trinajstić information content (AvgIpc) is 3.49. The molecule has 6 rings (SSSR count). The Bertz CT molecular complexity index is 2110. The van der Waals surface area contributed by atoms with Gasteiger partial charge in [0.25, 0.3) is 0 Å². The first-order valence-electron chi connectivity index (χ1n) is 21.2. The zero-order valence-electron chi connectivity index (χ0n) is 36.6. The van der Waals surface area contributed by atoms with E-state index < -0.39 is 5.97 Å². The lowest BCUT2D eigenvalue weighted by atomic mass is 9.79. The van der Waals surface area contributed by atoms with E-state index in [2.05, 4.69) is 177 Å². The van der Waals surface area contributed by atoms with Crippen LogP contribution in [0.2, 0.25) is 0 Å². The Morgan fingerprint density at radius 1 is 0.772 bits per heavy atom. The summed E-state index contributed by atoms with van der Waals surface area (Å²) in [6, 6.07) is 26.5. The number of hydrogen-bond acceptors (Lipinski definition) is 3. The third-order valence-corrected chi connectivity index (χ3v) is 12.3. The van der Waals surface area contributed by atoms with Gasteiger partial charge < -0.3 is 23.8 Å². The van der Waals surface area contributed by atoms with Gasteiger partial charge >= 0.3 is 0 Å². The molecule has 1 aliphatic carbocycles. The lowest BCUT2D eigenvalue weighted by Gasteiger charge is -2.29. The molecule has 0 bridgehead atoms. The smallest absolute Gasteiger partial charge is 0.209 e. The molecule has 302 valence electrons. The Morgan fingerprint density at radius 3 is 2.11 bits per heavy atom. The van der Waals surface area contributed by atoms with Gasteiger partial charge in [-0.1, -0.05) is 86.7 Å². The molecular formula is C51H68N4O2+2. The van der Waals surface area contributed by atoms with E-state index in [-0.39, 0.29) is 17.3 Å². The topological polar surface area (TPSA) is 46.4 Å². The molecule has 0 radical (unpaired) electrons. The van der Waals surface area contributed by atoms with E-state index in [1.807, 2.05) is 0 Å². The van der Waals surface area contributed by atoms with Crippen molar-refractivity contribution < 1.29 is 23.4 Å². The molecule has 0 fully saturated rings. The van der Waals surface area contributed by atoms with Crippen molar-refractivity contribution in [2.45, 2.75) is 83.5 Å². The monoisotopic (exact) mass is 769 g/mol. The van der Waals surface area contributed by atoms with Crippen LogP contribution >= 0.6 is 0 Å². The number of rotatable bonds is 15. The number of hydrogen-bond donors (Lipinski definition) is 0. The van der Waals surface area contributed by atoms with Crippen LogP contribution in [0.15, 0.2) is 114 Å². The van der Waals surface area contributed by atoms with Gasteiger partial charge in [0.15, 0.2) is 12.3 Å². The molecule has 0 atom stereocenters. The summed E-state index contributed by atoms with van der Waals surface area (Å²) in [4.78, 5) is 13.8. The van der Waals surface area contributed by atoms with E-state index in [0.29, 0.717) is 6.42 Å². The summed E-state index contributed by atoms with van der Waals surface area (Å²) < 4.78 is 4.48. The van der Waals surface area contributed by atoms with Gasteiger partial charge in [0, 0.05) is 53.4 Å². The lowest BCUT2D eigenvalue weighted by Crippen LogP contribution is -2.37. The SMILES string of the molecule is CC1(C)C(/C=C/C2=C(c3ccc(CCC(=O)[O-])cc3)C(=C/C=C3/N(CCC[N+](C)(C)C)c4ccccc4C3(C)C)/CCC2)=[N+](CCC[N+](C)(C)C)c2ccccc21. The zero-order chi connectivity index (χ0) is 41.2. The molecule has 3 aromatic rings. The van der Waals surface area contributed by atoms with Gasteiger partial charge in [0.05, 0.1) is 67.2 Å². The first-order valence-corrected chi connectivity index (χ1v) is 21.2. The van der Waals surface area contributed by atoms with Crippen molar-refractivity contribution in [1.82, 2.24) is 0 Å². The molecule has 0 amide bonds. The van der Waals surface area contributed by atoms with Gasteiger partial charge in [0.2, 0.25) is 5.69 Å². The van der Waals surface area contributed by atoms with Crippen molar-refractivity contribution >= 4 is 28.6 Å². The number of aliphatic carboxylic acids is 1.